The largest absolute Gasteiger partial charge is 0.507 e. The topological polar surface area (TPSA) is 87.0 Å². The molecule has 0 unspecified atom stereocenters. The zero-order chi connectivity index (χ0) is 20.7. The second-order valence-corrected chi connectivity index (χ2v) is 6.91. The zero-order valence-corrected chi connectivity index (χ0v) is 16.2. The molecule has 3 N–H and O–H groups in total. The molecular weight excluding hydrogens is 356 g/mol. The number of aromatic hydroxyl groups is 2. The molecule has 2 rings (SSSR count). The number of carbonyl (C=O) groups is 1. The lowest BCUT2D eigenvalue weighted by atomic mass is 10.0. The summed E-state index contributed by atoms with van der Waals surface area (Å²) in [6, 6.07) is 11.0. The van der Waals surface area contributed by atoms with Gasteiger partial charge < -0.3 is 20.1 Å². The number of aliphatic hydroxyl groups excluding tert-OH is 1. The van der Waals surface area contributed by atoms with E-state index in [1.165, 1.54) is 12.1 Å². The lowest BCUT2D eigenvalue weighted by Gasteiger charge is -2.12. The van der Waals surface area contributed by atoms with Crippen molar-refractivity contribution in [2.75, 3.05) is 6.61 Å². The van der Waals surface area contributed by atoms with Gasteiger partial charge in [0.2, 0.25) is 5.78 Å². The van der Waals surface area contributed by atoms with Crippen LogP contribution >= 0.6 is 0 Å². The van der Waals surface area contributed by atoms with Gasteiger partial charge in [-0.15, -0.1) is 6.58 Å². The normalized spacial score (nSPS) is 12.5. The molecule has 28 heavy (non-hydrogen) atoms. The molecule has 0 aliphatic rings. The van der Waals surface area contributed by atoms with E-state index in [2.05, 4.69) is 6.58 Å². The van der Waals surface area contributed by atoms with Crippen molar-refractivity contribution in [2.24, 2.45) is 0 Å². The smallest absolute Gasteiger partial charge is 0.200 e. The predicted molar refractivity (Wildman–Crippen MR) is 109 cm³/mol. The van der Waals surface area contributed by atoms with Crippen LogP contribution in [0.25, 0.3) is 0 Å². The highest BCUT2D eigenvalue weighted by molar-refractivity contribution is 6.12. The number of benzene rings is 2. The number of phenols is 2. The lowest BCUT2D eigenvalue weighted by molar-refractivity contribution is 0.103. The number of hydrogen-bond acceptors (Lipinski definition) is 5. The van der Waals surface area contributed by atoms with Crippen LogP contribution in [0.5, 0.6) is 17.2 Å². The van der Waals surface area contributed by atoms with Crippen LogP contribution in [0.15, 0.2) is 66.3 Å². The number of rotatable bonds is 9. The van der Waals surface area contributed by atoms with Crippen molar-refractivity contribution < 1.29 is 24.9 Å². The minimum atomic E-state index is -0.481. The third-order valence-corrected chi connectivity index (χ3v) is 4.16. The van der Waals surface area contributed by atoms with E-state index in [4.69, 9.17) is 4.74 Å². The van der Waals surface area contributed by atoms with Gasteiger partial charge in [0.25, 0.3) is 0 Å². The fourth-order valence-electron chi connectivity index (χ4n) is 2.85. The summed E-state index contributed by atoms with van der Waals surface area (Å²) in [6.07, 6.45) is 2.39. The summed E-state index contributed by atoms with van der Waals surface area (Å²) in [4.78, 5) is 12.5. The van der Waals surface area contributed by atoms with Crippen molar-refractivity contribution in [1.82, 2.24) is 0 Å². The maximum absolute atomic E-state index is 12.5. The second-order valence-electron chi connectivity index (χ2n) is 6.91. The molecule has 0 spiro atoms. The van der Waals surface area contributed by atoms with Gasteiger partial charge in [-0.1, -0.05) is 41.5 Å². The molecule has 0 aliphatic heterocycles. The van der Waals surface area contributed by atoms with E-state index in [-0.39, 0.29) is 29.4 Å². The molecule has 2 aromatic rings. The Morgan fingerprint density at radius 2 is 1.71 bits per heavy atom. The molecule has 0 saturated heterocycles. The van der Waals surface area contributed by atoms with Crippen molar-refractivity contribution in [2.45, 2.75) is 32.8 Å². The zero-order valence-electron chi connectivity index (χ0n) is 16.2. The molecule has 1 atom stereocenters. The fourth-order valence-corrected chi connectivity index (χ4v) is 2.85. The van der Waals surface area contributed by atoms with Crippen LogP contribution in [-0.2, 0) is 0 Å². The summed E-state index contributed by atoms with van der Waals surface area (Å²) in [5.74, 6) is -0.918. The van der Waals surface area contributed by atoms with Gasteiger partial charge >= 0.3 is 0 Å². The Bertz CT molecular complexity index is 845. The van der Waals surface area contributed by atoms with Crippen molar-refractivity contribution in [1.29, 1.82) is 0 Å². The first kappa shape index (κ1) is 21.3. The second kappa shape index (κ2) is 9.76. The molecule has 0 bridgehead atoms. The predicted octanol–water partition coefficient (Wildman–Crippen LogP) is 4.37. The maximum Gasteiger partial charge on any atom is 0.200 e. The van der Waals surface area contributed by atoms with Gasteiger partial charge in [0.1, 0.15) is 29.4 Å². The highest BCUT2D eigenvalue weighted by atomic mass is 16.5. The van der Waals surface area contributed by atoms with Gasteiger partial charge in [0, 0.05) is 17.7 Å². The third-order valence-electron chi connectivity index (χ3n) is 4.16. The SMILES string of the molecule is C=C(C)C[C@@H](O)C/C(C)=C/COc1cc(O)c(C(=O)c2ccccc2)c(O)c1. The molecule has 0 amide bonds. The Kier molecular flexibility index (Phi) is 7.41. The molecule has 0 aromatic heterocycles. The van der Waals surface area contributed by atoms with Crippen LogP contribution in [0.4, 0.5) is 0 Å². The van der Waals surface area contributed by atoms with Gasteiger partial charge in [-0.3, -0.25) is 4.79 Å². The number of phenolic OH excluding ortho intramolecular Hbond substituents is 2. The first-order valence-corrected chi connectivity index (χ1v) is 9.04. The minimum absolute atomic E-state index is 0.159. The Morgan fingerprint density at radius 3 is 2.29 bits per heavy atom. The van der Waals surface area contributed by atoms with Crippen LogP contribution < -0.4 is 4.74 Å². The molecule has 0 saturated carbocycles. The van der Waals surface area contributed by atoms with Gasteiger partial charge in [0.15, 0.2) is 0 Å². The van der Waals surface area contributed by atoms with Gasteiger partial charge in [-0.05, 0) is 32.8 Å². The van der Waals surface area contributed by atoms with E-state index in [1.807, 2.05) is 19.9 Å². The highest BCUT2D eigenvalue weighted by Gasteiger charge is 2.19. The quantitative estimate of drug-likeness (QED) is 0.443. The number of ether oxygens (including phenoxy) is 1. The monoisotopic (exact) mass is 382 g/mol. The molecule has 0 heterocycles. The average Bonchev–Trinajstić information content (AvgIpc) is 2.61. The van der Waals surface area contributed by atoms with E-state index in [0.29, 0.717) is 18.4 Å². The van der Waals surface area contributed by atoms with Crippen LogP contribution in [0.2, 0.25) is 0 Å². The summed E-state index contributed by atoms with van der Waals surface area (Å²) in [5, 5.41) is 30.3. The standard InChI is InChI=1S/C23H26O5/c1-15(2)11-18(24)12-16(3)9-10-28-19-13-20(25)22(21(26)14-19)23(27)17-7-5-4-6-8-17/h4-9,13-14,18,24-26H,1,10-12H2,2-3H3/b16-9+/t18-/m1/s1. The summed E-state index contributed by atoms with van der Waals surface area (Å²) >= 11 is 0. The Labute approximate surface area is 165 Å². The lowest BCUT2D eigenvalue weighted by Crippen LogP contribution is -2.07. The number of ketones is 1. The van der Waals surface area contributed by atoms with Crippen LogP contribution in [0, 0.1) is 0 Å². The van der Waals surface area contributed by atoms with E-state index >= 15 is 0 Å². The number of hydrogen-bond donors (Lipinski definition) is 3. The average molecular weight is 382 g/mol. The van der Waals surface area contributed by atoms with Crippen molar-refractivity contribution in [3.05, 3.63) is 77.4 Å². The Hall–Kier alpha value is -3.05. The molecular formula is C23H26O5. The molecule has 0 radical (unpaired) electrons. The Balaban J connectivity index is 2.03. The van der Waals surface area contributed by atoms with Crippen LogP contribution in [-0.4, -0.2) is 33.8 Å². The fraction of sp³-hybridized carbons (Fsp3) is 0.261. The number of aliphatic hydroxyl groups is 1. The summed E-state index contributed by atoms with van der Waals surface area (Å²) in [6.45, 7) is 7.75. The van der Waals surface area contributed by atoms with E-state index in [0.717, 1.165) is 11.1 Å². The van der Waals surface area contributed by atoms with Crippen molar-refractivity contribution in [3.8, 4) is 17.2 Å². The van der Waals surface area contributed by atoms with E-state index in [1.54, 1.807) is 30.3 Å². The molecule has 2 aromatic carbocycles. The first-order valence-electron chi connectivity index (χ1n) is 9.04. The molecule has 5 nitrogen and oxygen atoms in total. The van der Waals surface area contributed by atoms with Gasteiger partial charge in [-0.25, -0.2) is 0 Å². The molecule has 0 fully saturated rings. The van der Waals surface area contributed by atoms with E-state index in [9.17, 15) is 20.1 Å². The van der Waals surface area contributed by atoms with E-state index < -0.39 is 11.9 Å². The van der Waals surface area contributed by atoms with Gasteiger partial charge in [-0.2, -0.15) is 0 Å². The summed E-state index contributed by atoms with van der Waals surface area (Å²) < 4.78 is 5.53. The first-order chi connectivity index (χ1) is 13.3. The maximum atomic E-state index is 12.5. The third kappa shape index (κ3) is 5.99. The summed E-state index contributed by atoms with van der Waals surface area (Å²) in [5.41, 5.74) is 2.09. The van der Waals surface area contributed by atoms with Crippen LogP contribution in [0.3, 0.4) is 0 Å². The van der Waals surface area contributed by atoms with Crippen molar-refractivity contribution >= 4 is 5.78 Å². The molecule has 148 valence electrons. The molecule has 0 aliphatic carbocycles. The van der Waals surface area contributed by atoms with Crippen molar-refractivity contribution in [3.63, 3.8) is 0 Å². The molecule has 5 heteroatoms. The van der Waals surface area contributed by atoms with Crippen LogP contribution in [0.1, 0.15) is 42.6 Å². The highest BCUT2D eigenvalue weighted by Crippen LogP contribution is 2.34. The minimum Gasteiger partial charge on any atom is -0.507 e. The summed E-state index contributed by atoms with van der Waals surface area (Å²) in [7, 11) is 0. The number of carbonyl (C=O) groups excluding carboxylic acids is 1. The van der Waals surface area contributed by atoms with Gasteiger partial charge in [0.05, 0.1) is 6.10 Å². The Morgan fingerprint density at radius 1 is 1.11 bits per heavy atom.